The molecular formula is C27H22N2. The van der Waals surface area contributed by atoms with Crippen LogP contribution in [0.15, 0.2) is 91.0 Å². The molecule has 0 bridgehead atoms. The fourth-order valence-electron chi connectivity index (χ4n) is 4.91. The summed E-state index contributed by atoms with van der Waals surface area (Å²) in [7, 11) is 0. The van der Waals surface area contributed by atoms with Gasteiger partial charge in [0.25, 0.3) is 0 Å². The van der Waals surface area contributed by atoms with Crippen LogP contribution in [0.3, 0.4) is 0 Å². The van der Waals surface area contributed by atoms with Crippen molar-refractivity contribution in [3.63, 3.8) is 0 Å². The Bertz CT molecular complexity index is 1510. The van der Waals surface area contributed by atoms with Crippen LogP contribution in [0.4, 0.5) is 0 Å². The maximum Gasteiger partial charge on any atom is 0.0785 e. The predicted octanol–water partition coefficient (Wildman–Crippen LogP) is 7.47. The normalized spacial score (nSPS) is 12.1. The highest BCUT2D eigenvalue weighted by molar-refractivity contribution is 6.23. The highest BCUT2D eigenvalue weighted by atomic mass is 15.1. The van der Waals surface area contributed by atoms with Crippen LogP contribution in [0.2, 0.25) is 0 Å². The summed E-state index contributed by atoms with van der Waals surface area (Å²) in [4.78, 5) is 0. The van der Waals surface area contributed by atoms with E-state index in [1.807, 2.05) is 0 Å². The van der Waals surface area contributed by atoms with Gasteiger partial charge in [0, 0.05) is 38.8 Å². The van der Waals surface area contributed by atoms with Crippen LogP contribution in [-0.2, 0) is 0 Å². The maximum atomic E-state index is 2.51. The summed E-state index contributed by atoms with van der Waals surface area (Å²) in [6.45, 7) is 4.56. The lowest BCUT2D eigenvalue weighted by atomic mass is 10.1. The second kappa shape index (κ2) is 5.99. The second-order valence-corrected chi connectivity index (χ2v) is 8.03. The molecule has 2 heteroatoms. The van der Waals surface area contributed by atoms with Crippen LogP contribution in [-0.4, -0.2) is 9.13 Å². The SMILES string of the molecule is CC(C)n1c2ccccc2c2ccc3c4ccccc4n(-c4ccccc4)c3c21. The van der Waals surface area contributed by atoms with E-state index < -0.39 is 0 Å². The zero-order valence-corrected chi connectivity index (χ0v) is 16.6. The van der Waals surface area contributed by atoms with Crippen molar-refractivity contribution in [2.24, 2.45) is 0 Å². The molecule has 0 aliphatic carbocycles. The van der Waals surface area contributed by atoms with E-state index in [1.165, 1.54) is 49.3 Å². The third kappa shape index (κ3) is 2.17. The van der Waals surface area contributed by atoms with Crippen molar-refractivity contribution in [3.05, 3.63) is 91.0 Å². The van der Waals surface area contributed by atoms with Crippen molar-refractivity contribution in [2.75, 3.05) is 0 Å². The lowest BCUT2D eigenvalue weighted by Gasteiger charge is -2.14. The number of aromatic nitrogens is 2. The van der Waals surface area contributed by atoms with E-state index in [1.54, 1.807) is 0 Å². The summed E-state index contributed by atoms with van der Waals surface area (Å²) in [5.41, 5.74) is 6.36. The number of hydrogen-bond acceptors (Lipinski definition) is 0. The van der Waals surface area contributed by atoms with Crippen molar-refractivity contribution in [1.29, 1.82) is 0 Å². The predicted molar refractivity (Wildman–Crippen MR) is 124 cm³/mol. The molecule has 140 valence electrons. The lowest BCUT2D eigenvalue weighted by molar-refractivity contribution is 0.643. The largest absolute Gasteiger partial charge is 0.336 e. The van der Waals surface area contributed by atoms with E-state index in [-0.39, 0.29) is 0 Å². The minimum Gasteiger partial charge on any atom is -0.336 e. The molecule has 0 saturated heterocycles. The third-order valence-corrected chi connectivity index (χ3v) is 6.04. The molecule has 6 rings (SSSR count). The summed E-state index contributed by atoms with van der Waals surface area (Å²) in [6, 6.07) is 33.2. The van der Waals surface area contributed by atoms with Gasteiger partial charge in [-0.3, -0.25) is 0 Å². The Labute approximate surface area is 169 Å². The molecule has 4 aromatic carbocycles. The van der Waals surface area contributed by atoms with Crippen molar-refractivity contribution in [3.8, 4) is 5.69 Å². The Morgan fingerprint density at radius 1 is 0.517 bits per heavy atom. The van der Waals surface area contributed by atoms with E-state index in [4.69, 9.17) is 0 Å². The van der Waals surface area contributed by atoms with Gasteiger partial charge in [-0.15, -0.1) is 0 Å². The molecule has 0 spiro atoms. The zero-order valence-electron chi connectivity index (χ0n) is 16.6. The van der Waals surface area contributed by atoms with E-state index in [0.717, 1.165) is 0 Å². The fourth-order valence-corrected chi connectivity index (χ4v) is 4.91. The summed E-state index contributed by atoms with van der Waals surface area (Å²) < 4.78 is 4.94. The van der Waals surface area contributed by atoms with Gasteiger partial charge in [-0.2, -0.15) is 0 Å². The van der Waals surface area contributed by atoms with Crippen molar-refractivity contribution < 1.29 is 0 Å². The Hall–Kier alpha value is -3.52. The van der Waals surface area contributed by atoms with Crippen LogP contribution < -0.4 is 0 Å². The van der Waals surface area contributed by atoms with Crippen LogP contribution in [0.1, 0.15) is 19.9 Å². The van der Waals surface area contributed by atoms with Gasteiger partial charge in [0.05, 0.1) is 16.6 Å². The summed E-state index contributed by atoms with van der Waals surface area (Å²) >= 11 is 0. The molecule has 0 aliphatic heterocycles. The third-order valence-electron chi connectivity index (χ3n) is 6.04. The first-order valence-corrected chi connectivity index (χ1v) is 10.3. The first-order valence-electron chi connectivity index (χ1n) is 10.3. The topological polar surface area (TPSA) is 9.86 Å². The average Bonchev–Trinajstić information content (AvgIpc) is 3.27. The minimum absolute atomic E-state index is 0.366. The Morgan fingerprint density at radius 3 is 1.76 bits per heavy atom. The number of benzene rings is 4. The molecule has 0 N–H and O–H groups in total. The first-order chi connectivity index (χ1) is 14.3. The smallest absolute Gasteiger partial charge is 0.0785 e. The summed E-state index contributed by atoms with van der Waals surface area (Å²) in [6.07, 6.45) is 0. The molecule has 0 unspecified atom stereocenters. The average molecular weight is 374 g/mol. The van der Waals surface area contributed by atoms with Gasteiger partial charge in [-0.25, -0.2) is 0 Å². The Morgan fingerprint density at radius 2 is 1.07 bits per heavy atom. The molecule has 0 saturated carbocycles. The van der Waals surface area contributed by atoms with Crippen LogP contribution in [0.5, 0.6) is 0 Å². The van der Waals surface area contributed by atoms with Gasteiger partial charge >= 0.3 is 0 Å². The number of nitrogens with zero attached hydrogens (tertiary/aromatic N) is 2. The highest BCUT2D eigenvalue weighted by Crippen LogP contribution is 2.41. The molecule has 2 nitrogen and oxygen atoms in total. The summed E-state index contributed by atoms with van der Waals surface area (Å²) in [5, 5.41) is 5.25. The second-order valence-electron chi connectivity index (χ2n) is 8.03. The lowest BCUT2D eigenvalue weighted by Crippen LogP contribution is -2.02. The van der Waals surface area contributed by atoms with Gasteiger partial charge < -0.3 is 9.13 Å². The van der Waals surface area contributed by atoms with Gasteiger partial charge in [0.2, 0.25) is 0 Å². The molecule has 6 aromatic rings. The Kier molecular flexibility index (Phi) is 3.39. The monoisotopic (exact) mass is 374 g/mol. The van der Waals surface area contributed by atoms with Crippen molar-refractivity contribution >= 4 is 43.6 Å². The number of hydrogen-bond donors (Lipinski definition) is 0. The van der Waals surface area contributed by atoms with E-state index in [2.05, 4.69) is 114 Å². The molecule has 2 aromatic heterocycles. The van der Waals surface area contributed by atoms with Gasteiger partial charge in [0.1, 0.15) is 0 Å². The first kappa shape index (κ1) is 16.4. The van der Waals surface area contributed by atoms with Crippen LogP contribution in [0.25, 0.3) is 49.3 Å². The quantitative estimate of drug-likeness (QED) is 0.297. The molecule has 0 radical (unpaired) electrons. The molecule has 0 atom stereocenters. The van der Waals surface area contributed by atoms with Crippen molar-refractivity contribution in [2.45, 2.75) is 19.9 Å². The molecular weight excluding hydrogens is 352 g/mol. The molecule has 2 heterocycles. The number of fused-ring (bicyclic) bond motifs is 7. The molecule has 29 heavy (non-hydrogen) atoms. The number of rotatable bonds is 2. The van der Waals surface area contributed by atoms with E-state index >= 15 is 0 Å². The summed E-state index contributed by atoms with van der Waals surface area (Å²) in [5.74, 6) is 0. The van der Waals surface area contributed by atoms with E-state index in [0.29, 0.717) is 6.04 Å². The van der Waals surface area contributed by atoms with Crippen molar-refractivity contribution in [1.82, 2.24) is 9.13 Å². The molecule has 0 aliphatic rings. The van der Waals surface area contributed by atoms with Crippen LogP contribution >= 0.6 is 0 Å². The number of para-hydroxylation sites is 3. The Balaban J connectivity index is 1.96. The van der Waals surface area contributed by atoms with Gasteiger partial charge in [-0.1, -0.05) is 66.7 Å². The standard InChI is InChI=1S/C27H22N2/c1-18(2)28-24-14-8-6-12-20(24)22-16-17-23-21-13-7-9-15-25(21)29(27(23)26(22)28)19-10-4-3-5-11-19/h3-18H,1-2H3. The van der Waals surface area contributed by atoms with E-state index in [9.17, 15) is 0 Å². The zero-order chi connectivity index (χ0) is 19.5. The highest BCUT2D eigenvalue weighted by Gasteiger charge is 2.20. The van der Waals surface area contributed by atoms with Crippen LogP contribution in [0, 0.1) is 0 Å². The molecule has 0 amide bonds. The molecule has 0 fully saturated rings. The van der Waals surface area contributed by atoms with Gasteiger partial charge in [-0.05, 0) is 38.1 Å². The fraction of sp³-hybridized carbons (Fsp3) is 0.111. The van der Waals surface area contributed by atoms with Gasteiger partial charge in [0.15, 0.2) is 0 Å². The maximum absolute atomic E-state index is 2.51. The minimum atomic E-state index is 0.366.